The summed E-state index contributed by atoms with van der Waals surface area (Å²) in [5, 5.41) is 0.801. The van der Waals surface area contributed by atoms with Crippen molar-refractivity contribution >= 4 is 11.8 Å². The van der Waals surface area contributed by atoms with Gasteiger partial charge in [-0.2, -0.15) is 0 Å². The van der Waals surface area contributed by atoms with E-state index in [1.807, 2.05) is 19.3 Å². The van der Waals surface area contributed by atoms with Crippen molar-refractivity contribution in [3.63, 3.8) is 0 Å². The standard InChI is InChI=1S/C15H18N2OS/c1-11-4-5-13(3)14(8-11)18-6-7-19-15-16-9-12(2)10-17-15/h4-5,8-10H,6-7H2,1-3H3. The van der Waals surface area contributed by atoms with Crippen molar-refractivity contribution in [3.05, 3.63) is 47.3 Å². The first kappa shape index (κ1) is 13.9. The number of ether oxygens (including phenoxy) is 1. The second kappa shape index (κ2) is 6.57. The fraction of sp³-hybridized carbons (Fsp3) is 0.333. The maximum Gasteiger partial charge on any atom is 0.187 e. The normalized spacial score (nSPS) is 10.5. The van der Waals surface area contributed by atoms with E-state index >= 15 is 0 Å². The van der Waals surface area contributed by atoms with Crippen LogP contribution in [0.5, 0.6) is 5.75 Å². The Morgan fingerprint density at radius 1 is 1.05 bits per heavy atom. The largest absolute Gasteiger partial charge is 0.492 e. The Morgan fingerprint density at radius 2 is 1.79 bits per heavy atom. The Labute approximate surface area is 118 Å². The molecule has 1 heterocycles. The zero-order valence-corrected chi connectivity index (χ0v) is 12.3. The third-order valence-electron chi connectivity index (χ3n) is 2.67. The summed E-state index contributed by atoms with van der Waals surface area (Å²) in [5.74, 6) is 1.81. The molecule has 0 fully saturated rings. The van der Waals surface area contributed by atoms with E-state index < -0.39 is 0 Å². The van der Waals surface area contributed by atoms with E-state index in [1.54, 1.807) is 11.8 Å². The number of hydrogen-bond donors (Lipinski definition) is 0. The summed E-state index contributed by atoms with van der Waals surface area (Å²) < 4.78 is 5.79. The molecule has 100 valence electrons. The van der Waals surface area contributed by atoms with Gasteiger partial charge in [-0.15, -0.1) is 0 Å². The topological polar surface area (TPSA) is 35.0 Å². The second-order valence-electron chi connectivity index (χ2n) is 4.51. The zero-order valence-electron chi connectivity index (χ0n) is 11.5. The summed E-state index contributed by atoms with van der Waals surface area (Å²) in [6.45, 7) is 6.77. The first-order chi connectivity index (χ1) is 9.15. The smallest absolute Gasteiger partial charge is 0.187 e. The van der Waals surface area contributed by atoms with Crippen molar-refractivity contribution < 1.29 is 4.74 Å². The third-order valence-corrected chi connectivity index (χ3v) is 3.51. The van der Waals surface area contributed by atoms with Crippen LogP contribution in [0.15, 0.2) is 35.7 Å². The highest BCUT2D eigenvalue weighted by atomic mass is 32.2. The van der Waals surface area contributed by atoms with Gasteiger partial charge in [-0.25, -0.2) is 9.97 Å². The van der Waals surface area contributed by atoms with Crippen LogP contribution in [-0.4, -0.2) is 22.3 Å². The predicted molar refractivity (Wildman–Crippen MR) is 78.9 cm³/mol. The van der Waals surface area contributed by atoms with Crippen molar-refractivity contribution in [1.82, 2.24) is 9.97 Å². The van der Waals surface area contributed by atoms with E-state index in [9.17, 15) is 0 Å². The van der Waals surface area contributed by atoms with E-state index in [2.05, 4.69) is 42.0 Å². The molecule has 0 aliphatic carbocycles. The van der Waals surface area contributed by atoms with Crippen molar-refractivity contribution in [2.24, 2.45) is 0 Å². The molecular formula is C15H18N2OS. The van der Waals surface area contributed by atoms with Gasteiger partial charge in [0.25, 0.3) is 0 Å². The quantitative estimate of drug-likeness (QED) is 0.474. The molecule has 0 bridgehead atoms. The Balaban J connectivity index is 1.80. The van der Waals surface area contributed by atoms with Gasteiger partial charge in [-0.1, -0.05) is 23.9 Å². The lowest BCUT2D eigenvalue weighted by molar-refractivity contribution is 0.341. The molecule has 1 aromatic heterocycles. The maximum absolute atomic E-state index is 5.79. The Kier molecular flexibility index (Phi) is 4.80. The fourth-order valence-electron chi connectivity index (χ4n) is 1.60. The Bertz CT molecular complexity index is 540. The summed E-state index contributed by atoms with van der Waals surface area (Å²) in [7, 11) is 0. The number of benzene rings is 1. The Hall–Kier alpha value is -1.55. The number of nitrogens with zero attached hydrogens (tertiary/aromatic N) is 2. The van der Waals surface area contributed by atoms with Gasteiger partial charge in [0.15, 0.2) is 5.16 Å². The average molecular weight is 274 g/mol. The van der Waals surface area contributed by atoms with Crippen LogP contribution in [0, 0.1) is 20.8 Å². The molecule has 19 heavy (non-hydrogen) atoms. The average Bonchev–Trinajstić information content (AvgIpc) is 2.40. The first-order valence-electron chi connectivity index (χ1n) is 6.26. The van der Waals surface area contributed by atoms with Crippen LogP contribution in [0.1, 0.15) is 16.7 Å². The summed E-state index contributed by atoms with van der Waals surface area (Å²) in [5.41, 5.74) is 3.47. The minimum atomic E-state index is 0.659. The van der Waals surface area contributed by atoms with Crippen LogP contribution in [0.4, 0.5) is 0 Å². The van der Waals surface area contributed by atoms with Gasteiger partial charge < -0.3 is 4.74 Å². The predicted octanol–water partition coefficient (Wildman–Crippen LogP) is 3.57. The third kappa shape index (κ3) is 4.24. The van der Waals surface area contributed by atoms with Crippen molar-refractivity contribution in [2.75, 3.05) is 12.4 Å². The Morgan fingerprint density at radius 3 is 2.53 bits per heavy atom. The number of aromatic nitrogens is 2. The summed E-state index contributed by atoms with van der Waals surface area (Å²) in [6.07, 6.45) is 3.67. The summed E-state index contributed by atoms with van der Waals surface area (Å²) in [4.78, 5) is 8.50. The molecule has 0 N–H and O–H groups in total. The molecule has 0 saturated carbocycles. The van der Waals surface area contributed by atoms with E-state index in [0.717, 1.165) is 22.2 Å². The molecule has 0 aliphatic rings. The molecule has 4 heteroatoms. The molecule has 3 nitrogen and oxygen atoms in total. The molecule has 0 spiro atoms. The van der Waals surface area contributed by atoms with Crippen LogP contribution in [-0.2, 0) is 0 Å². The maximum atomic E-state index is 5.79. The summed E-state index contributed by atoms with van der Waals surface area (Å²) in [6, 6.07) is 6.25. The lowest BCUT2D eigenvalue weighted by Crippen LogP contribution is -2.02. The van der Waals surface area contributed by atoms with E-state index in [-0.39, 0.29) is 0 Å². The van der Waals surface area contributed by atoms with Gasteiger partial charge in [-0.05, 0) is 43.5 Å². The lowest BCUT2D eigenvalue weighted by Gasteiger charge is -2.09. The SMILES string of the molecule is Cc1cnc(SCCOc2cc(C)ccc2C)nc1. The molecule has 0 aliphatic heterocycles. The van der Waals surface area contributed by atoms with Crippen LogP contribution in [0.25, 0.3) is 0 Å². The molecule has 0 amide bonds. The van der Waals surface area contributed by atoms with Gasteiger partial charge in [0.05, 0.1) is 6.61 Å². The first-order valence-corrected chi connectivity index (χ1v) is 7.25. The highest BCUT2D eigenvalue weighted by molar-refractivity contribution is 7.99. The van der Waals surface area contributed by atoms with Gasteiger partial charge in [0.1, 0.15) is 5.75 Å². The monoisotopic (exact) mass is 274 g/mol. The summed E-state index contributed by atoms with van der Waals surface area (Å²) >= 11 is 1.61. The van der Waals surface area contributed by atoms with E-state index in [0.29, 0.717) is 6.61 Å². The van der Waals surface area contributed by atoms with Crippen LogP contribution >= 0.6 is 11.8 Å². The van der Waals surface area contributed by atoms with Gasteiger partial charge in [0.2, 0.25) is 0 Å². The minimum Gasteiger partial charge on any atom is -0.492 e. The van der Waals surface area contributed by atoms with E-state index in [1.165, 1.54) is 11.1 Å². The molecule has 2 aromatic rings. The van der Waals surface area contributed by atoms with Crippen LogP contribution in [0.2, 0.25) is 0 Å². The van der Waals surface area contributed by atoms with Gasteiger partial charge >= 0.3 is 0 Å². The zero-order chi connectivity index (χ0) is 13.7. The fourth-order valence-corrected chi connectivity index (χ4v) is 2.21. The number of aryl methyl sites for hydroxylation is 3. The van der Waals surface area contributed by atoms with Crippen LogP contribution in [0.3, 0.4) is 0 Å². The molecule has 1 aromatic carbocycles. The number of thioether (sulfide) groups is 1. The minimum absolute atomic E-state index is 0.659. The molecule has 0 saturated heterocycles. The lowest BCUT2D eigenvalue weighted by atomic mass is 10.1. The van der Waals surface area contributed by atoms with Crippen molar-refractivity contribution in [1.29, 1.82) is 0 Å². The highest BCUT2D eigenvalue weighted by Gasteiger charge is 2.01. The number of rotatable bonds is 5. The second-order valence-corrected chi connectivity index (χ2v) is 5.57. The van der Waals surface area contributed by atoms with Gasteiger partial charge in [-0.3, -0.25) is 0 Å². The van der Waals surface area contributed by atoms with Crippen molar-refractivity contribution in [3.8, 4) is 5.75 Å². The van der Waals surface area contributed by atoms with Crippen LogP contribution < -0.4 is 4.74 Å². The van der Waals surface area contributed by atoms with Crippen molar-refractivity contribution in [2.45, 2.75) is 25.9 Å². The molecule has 2 rings (SSSR count). The molecule has 0 atom stereocenters. The van der Waals surface area contributed by atoms with Gasteiger partial charge in [0, 0.05) is 18.1 Å². The molecular weight excluding hydrogens is 256 g/mol. The van der Waals surface area contributed by atoms with E-state index in [4.69, 9.17) is 4.74 Å². The highest BCUT2D eigenvalue weighted by Crippen LogP contribution is 2.20. The number of hydrogen-bond acceptors (Lipinski definition) is 4. The molecule has 0 radical (unpaired) electrons. The molecule has 0 unspecified atom stereocenters.